The number of aryl methyl sites for hydroxylation is 1. The molecule has 0 fully saturated rings. The van der Waals surface area contributed by atoms with Crippen LogP contribution in [0.15, 0.2) is 28.9 Å². The Hall–Kier alpha value is -1.69. The van der Waals surface area contributed by atoms with Crippen LogP contribution in [0.4, 0.5) is 0 Å². The summed E-state index contributed by atoms with van der Waals surface area (Å²) in [6.45, 7) is 0.288. The predicted molar refractivity (Wildman–Crippen MR) is 64.9 cm³/mol. The van der Waals surface area contributed by atoms with Crippen molar-refractivity contribution in [1.29, 1.82) is 0 Å². The third-order valence-electron chi connectivity index (χ3n) is 2.12. The summed E-state index contributed by atoms with van der Waals surface area (Å²) in [5.41, 5.74) is 1.22. The summed E-state index contributed by atoms with van der Waals surface area (Å²) < 4.78 is 7.95. The second kappa shape index (κ2) is 5.09. The first-order chi connectivity index (χ1) is 8.19. The zero-order valence-corrected chi connectivity index (χ0v) is 10.7. The lowest BCUT2D eigenvalue weighted by Crippen LogP contribution is -1.98. The first-order valence-corrected chi connectivity index (χ1v) is 5.71. The Morgan fingerprint density at radius 2 is 2.35 bits per heavy atom. The van der Waals surface area contributed by atoms with Gasteiger partial charge in [0.25, 0.3) is 0 Å². The van der Waals surface area contributed by atoms with E-state index in [4.69, 9.17) is 4.74 Å². The lowest BCUT2D eigenvalue weighted by atomic mass is 10.2. The summed E-state index contributed by atoms with van der Waals surface area (Å²) >= 11 is 3.30. The molecule has 0 bridgehead atoms. The van der Waals surface area contributed by atoms with Crippen molar-refractivity contribution in [1.82, 2.24) is 15.0 Å². The van der Waals surface area contributed by atoms with E-state index in [1.54, 1.807) is 30.1 Å². The molecule has 88 valence electrons. The highest BCUT2D eigenvalue weighted by Crippen LogP contribution is 2.22. The lowest BCUT2D eigenvalue weighted by Gasteiger charge is -2.06. The molecule has 2 aromatic rings. The van der Waals surface area contributed by atoms with Crippen molar-refractivity contribution in [2.75, 3.05) is 0 Å². The minimum atomic E-state index is 0.288. The van der Waals surface area contributed by atoms with E-state index in [2.05, 4.69) is 26.2 Å². The van der Waals surface area contributed by atoms with Gasteiger partial charge in [0, 0.05) is 11.5 Å². The third kappa shape index (κ3) is 2.91. The van der Waals surface area contributed by atoms with Crippen LogP contribution in [0.25, 0.3) is 0 Å². The number of aromatic nitrogens is 3. The predicted octanol–water partition coefficient (Wildman–Crippen LogP) is 1.97. The van der Waals surface area contributed by atoms with Gasteiger partial charge in [0.15, 0.2) is 6.29 Å². The Kier molecular flexibility index (Phi) is 3.53. The molecule has 5 nitrogen and oxygen atoms in total. The number of hydrogen-bond acceptors (Lipinski definition) is 4. The van der Waals surface area contributed by atoms with Crippen LogP contribution in [-0.4, -0.2) is 21.3 Å². The number of halogens is 1. The molecule has 2 rings (SSSR count). The number of nitrogens with zero attached hydrogens (tertiary/aromatic N) is 3. The van der Waals surface area contributed by atoms with Crippen LogP contribution in [0.1, 0.15) is 16.1 Å². The van der Waals surface area contributed by atoms with Gasteiger partial charge in [-0.15, -0.1) is 5.10 Å². The van der Waals surface area contributed by atoms with Crippen molar-refractivity contribution in [2.24, 2.45) is 7.05 Å². The fourth-order valence-electron chi connectivity index (χ4n) is 1.36. The highest BCUT2D eigenvalue weighted by atomic mass is 79.9. The summed E-state index contributed by atoms with van der Waals surface area (Å²) in [6.07, 6.45) is 2.52. The van der Waals surface area contributed by atoms with Crippen molar-refractivity contribution in [3.05, 3.63) is 40.1 Å². The molecule has 0 unspecified atom stereocenters. The topological polar surface area (TPSA) is 57.0 Å². The van der Waals surface area contributed by atoms with E-state index in [1.807, 2.05) is 6.07 Å². The molecule has 0 radical (unpaired) electrons. The highest BCUT2D eigenvalue weighted by molar-refractivity contribution is 9.10. The third-order valence-corrected chi connectivity index (χ3v) is 2.62. The van der Waals surface area contributed by atoms with Gasteiger partial charge in [0.2, 0.25) is 0 Å². The molecule has 0 aliphatic heterocycles. The summed E-state index contributed by atoms with van der Waals surface area (Å²) in [7, 11) is 1.78. The highest BCUT2D eigenvalue weighted by Gasteiger charge is 2.05. The summed E-state index contributed by atoms with van der Waals surface area (Å²) in [4.78, 5) is 10.9. The van der Waals surface area contributed by atoms with Gasteiger partial charge in [0.1, 0.15) is 18.1 Å². The van der Waals surface area contributed by atoms with E-state index < -0.39 is 0 Å². The average Bonchev–Trinajstić information content (AvgIpc) is 2.73. The van der Waals surface area contributed by atoms with Crippen molar-refractivity contribution in [3.8, 4) is 5.75 Å². The zero-order valence-electron chi connectivity index (χ0n) is 9.13. The van der Waals surface area contributed by atoms with Gasteiger partial charge >= 0.3 is 0 Å². The first kappa shape index (κ1) is 11.8. The van der Waals surface area contributed by atoms with E-state index in [9.17, 15) is 4.79 Å². The maximum absolute atomic E-state index is 10.9. The largest absolute Gasteiger partial charge is 0.486 e. The monoisotopic (exact) mass is 295 g/mol. The Balaban J connectivity index is 2.11. The van der Waals surface area contributed by atoms with Gasteiger partial charge < -0.3 is 4.74 Å². The minimum Gasteiger partial charge on any atom is -0.486 e. The van der Waals surface area contributed by atoms with Gasteiger partial charge in [0.05, 0.1) is 11.8 Å². The second-order valence-electron chi connectivity index (χ2n) is 3.47. The molecule has 0 amide bonds. The Morgan fingerprint density at radius 3 is 3.00 bits per heavy atom. The normalized spacial score (nSPS) is 10.2. The maximum atomic E-state index is 10.9. The van der Waals surface area contributed by atoms with Crippen LogP contribution < -0.4 is 4.74 Å². The standard InChI is InChI=1S/C11H10BrN3O2/c1-15-5-10(13-14-15)7-17-11-3-2-9(12)4-8(11)6-16/h2-6H,7H2,1H3. The van der Waals surface area contributed by atoms with E-state index in [-0.39, 0.29) is 6.61 Å². The van der Waals surface area contributed by atoms with Gasteiger partial charge in [-0.25, -0.2) is 0 Å². The van der Waals surface area contributed by atoms with Crippen LogP contribution in [0, 0.1) is 0 Å². The zero-order chi connectivity index (χ0) is 12.3. The number of ether oxygens (including phenoxy) is 1. The van der Waals surface area contributed by atoms with Crippen LogP contribution >= 0.6 is 15.9 Å². The molecule has 0 aliphatic rings. The number of hydrogen-bond donors (Lipinski definition) is 0. The molecule has 0 spiro atoms. The summed E-state index contributed by atoms with van der Waals surface area (Å²) in [5.74, 6) is 0.536. The Labute approximate surface area is 107 Å². The molecule has 0 saturated heterocycles. The number of benzene rings is 1. The van der Waals surface area contributed by atoms with Crippen LogP contribution in [0.5, 0.6) is 5.75 Å². The van der Waals surface area contributed by atoms with Crippen LogP contribution in [0.2, 0.25) is 0 Å². The number of carbonyl (C=O) groups excluding carboxylic acids is 1. The van der Waals surface area contributed by atoms with Crippen molar-refractivity contribution < 1.29 is 9.53 Å². The molecular weight excluding hydrogens is 286 g/mol. The van der Waals surface area contributed by atoms with Gasteiger partial charge in [-0.2, -0.15) is 0 Å². The minimum absolute atomic E-state index is 0.288. The van der Waals surface area contributed by atoms with Gasteiger partial charge in [-0.1, -0.05) is 21.1 Å². The fourth-order valence-corrected chi connectivity index (χ4v) is 1.73. The van der Waals surface area contributed by atoms with E-state index in [0.717, 1.165) is 10.8 Å². The lowest BCUT2D eigenvalue weighted by molar-refractivity contribution is 0.111. The second-order valence-corrected chi connectivity index (χ2v) is 4.39. The molecule has 0 N–H and O–H groups in total. The summed E-state index contributed by atoms with van der Waals surface area (Å²) in [5, 5.41) is 7.69. The fraction of sp³-hybridized carbons (Fsp3) is 0.182. The van der Waals surface area contributed by atoms with Crippen molar-refractivity contribution >= 4 is 22.2 Å². The number of aldehydes is 1. The number of rotatable bonds is 4. The van der Waals surface area contributed by atoms with Gasteiger partial charge in [-0.05, 0) is 18.2 Å². The molecular formula is C11H10BrN3O2. The molecule has 6 heteroatoms. The first-order valence-electron chi connectivity index (χ1n) is 4.92. The molecule has 17 heavy (non-hydrogen) atoms. The van der Waals surface area contributed by atoms with Crippen LogP contribution in [0.3, 0.4) is 0 Å². The maximum Gasteiger partial charge on any atom is 0.153 e. The molecule has 0 atom stereocenters. The Bertz CT molecular complexity index is 539. The average molecular weight is 296 g/mol. The molecule has 1 aromatic heterocycles. The smallest absolute Gasteiger partial charge is 0.153 e. The summed E-state index contributed by atoms with van der Waals surface area (Å²) in [6, 6.07) is 5.27. The molecule has 0 saturated carbocycles. The molecule has 0 aliphatic carbocycles. The Morgan fingerprint density at radius 1 is 1.53 bits per heavy atom. The molecule has 1 aromatic carbocycles. The SMILES string of the molecule is Cn1cc(COc2ccc(Br)cc2C=O)nn1. The van der Waals surface area contributed by atoms with Crippen LogP contribution in [-0.2, 0) is 13.7 Å². The van der Waals surface area contributed by atoms with Gasteiger partial charge in [-0.3, -0.25) is 9.48 Å². The van der Waals surface area contributed by atoms with E-state index in [1.165, 1.54) is 0 Å². The van der Waals surface area contributed by atoms with Crippen molar-refractivity contribution in [3.63, 3.8) is 0 Å². The number of carbonyl (C=O) groups is 1. The van der Waals surface area contributed by atoms with E-state index >= 15 is 0 Å². The van der Waals surface area contributed by atoms with E-state index in [0.29, 0.717) is 17.0 Å². The van der Waals surface area contributed by atoms with Crippen molar-refractivity contribution in [2.45, 2.75) is 6.61 Å². The quantitative estimate of drug-likeness (QED) is 0.809. The molecule has 1 heterocycles.